The Kier molecular flexibility index (Phi) is 7.45. The number of nitrogens with zero attached hydrogens (tertiary/aromatic N) is 4. The van der Waals surface area contributed by atoms with Gasteiger partial charge >= 0.3 is 5.97 Å². The predicted octanol–water partition coefficient (Wildman–Crippen LogP) is 4.04. The van der Waals surface area contributed by atoms with E-state index >= 15 is 0 Å². The molecule has 0 radical (unpaired) electrons. The van der Waals surface area contributed by atoms with Gasteiger partial charge in [0.25, 0.3) is 5.56 Å². The lowest BCUT2D eigenvalue weighted by Crippen LogP contribution is -2.51. The number of esters is 1. The van der Waals surface area contributed by atoms with Gasteiger partial charge < -0.3 is 19.3 Å². The highest BCUT2D eigenvalue weighted by atomic mass is 16.5. The number of fused-ring (bicyclic) bond motifs is 3. The lowest BCUT2D eigenvalue weighted by molar-refractivity contribution is -0.149. The van der Waals surface area contributed by atoms with Gasteiger partial charge in [0.1, 0.15) is 5.92 Å². The summed E-state index contributed by atoms with van der Waals surface area (Å²) < 4.78 is 6.96. The molecule has 3 unspecified atom stereocenters. The van der Waals surface area contributed by atoms with Crippen molar-refractivity contribution in [2.24, 2.45) is 5.92 Å². The number of aliphatic hydroxyl groups is 1. The fourth-order valence-electron chi connectivity index (χ4n) is 7.95. The van der Waals surface area contributed by atoms with Crippen LogP contribution in [0.4, 0.5) is 5.82 Å². The van der Waals surface area contributed by atoms with Crippen LogP contribution in [-0.4, -0.2) is 70.0 Å². The van der Waals surface area contributed by atoms with E-state index in [1.165, 1.54) is 64.9 Å². The molecule has 1 aliphatic carbocycles. The van der Waals surface area contributed by atoms with Crippen LogP contribution in [0, 0.1) is 5.92 Å². The van der Waals surface area contributed by atoms with Crippen LogP contribution in [0.5, 0.6) is 0 Å². The van der Waals surface area contributed by atoms with E-state index in [1.54, 1.807) is 0 Å². The molecule has 4 fully saturated rings. The molecule has 1 aromatic heterocycles. The Bertz CT molecular complexity index is 1190. The van der Waals surface area contributed by atoms with Crippen molar-refractivity contribution in [2.45, 2.75) is 107 Å². The van der Waals surface area contributed by atoms with Crippen LogP contribution >= 0.6 is 0 Å². The molecule has 38 heavy (non-hydrogen) atoms. The third-order valence-electron chi connectivity index (χ3n) is 9.78. The molecule has 1 N–H and O–H groups in total. The first-order valence-corrected chi connectivity index (χ1v) is 14.8. The van der Waals surface area contributed by atoms with E-state index in [2.05, 4.69) is 4.90 Å². The number of hydrogen-bond donors (Lipinski definition) is 1. The van der Waals surface area contributed by atoms with Crippen LogP contribution in [0.3, 0.4) is 0 Å². The molecule has 4 heterocycles. The second kappa shape index (κ2) is 11.0. The van der Waals surface area contributed by atoms with Crippen molar-refractivity contribution >= 4 is 22.8 Å². The van der Waals surface area contributed by atoms with Crippen LogP contribution in [0.15, 0.2) is 29.1 Å². The standard InChI is InChI=1S/C30H42N4O4/c1-38-30(37)24-19-32(16-15-27(24)35)28-29(36)34(26-12-8-7-11-25(26)31-28)23-17-21-13-14-22(18-23)33(21)20-9-5-3-2-4-6-10-20/h7-8,11-12,20-24,27,35H,2-6,9-10,13-19H2,1H3/t21-,22+,23?,24?,27?. The van der Waals surface area contributed by atoms with E-state index in [0.29, 0.717) is 36.9 Å². The van der Waals surface area contributed by atoms with Crippen molar-refractivity contribution in [2.75, 3.05) is 25.1 Å². The quantitative estimate of drug-likeness (QED) is 0.607. The smallest absolute Gasteiger partial charge is 0.313 e. The number of carbonyl (C=O) groups is 1. The Morgan fingerprint density at radius 1 is 0.921 bits per heavy atom. The molecular weight excluding hydrogens is 480 g/mol. The molecule has 2 bridgehead atoms. The minimum absolute atomic E-state index is 0.0764. The number of rotatable bonds is 4. The van der Waals surface area contributed by atoms with Gasteiger partial charge in [-0.25, -0.2) is 4.98 Å². The second-order valence-electron chi connectivity index (χ2n) is 12.0. The van der Waals surface area contributed by atoms with Crippen LogP contribution in [-0.2, 0) is 9.53 Å². The minimum atomic E-state index is -0.769. The third kappa shape index (κ3) is 4.75. The summed E-state index contributed by atoms with van der Waals surface area (Å²) in [6.07, 6.45) is 13.6. The average Bonchev–Trinajstić information content (AvgIpc) is 3.16. The summed E-state index contributed by atoms with van der Waals surface area (Å²) in [7, 11) is 1.34. The van der Waals surface area contributed by atoms with Gasteiger partial charge in [0, 0.05) is 37.3 Å². The zero-order valence-corrected chi connectivity index (χ0v) is 22.6. The summed E-state index contributed by atoms with van der Waals surface area (Å²) in [5.74, 6) is -0.737. The number of carbonyl (C=O) groups excluding carboxylic acids is 1. The molecule has 206 valence electrons. The average molecular weight is 523 g/mol. The van der Waals surface area contributed by atoms with Crippen molar-refractivity contribution in [3.63, 3.8) is 0 Å². The van der Waals surface area contributed by atoms with E-state index in [1.807, 2.05) is 33.7 Å². The molecular formula is C30H42N4O4. The molecule has 5 atom stereocenters. The van der Waals surface area contributed by atoms with Gasteiger partial charge in [0.2, 0.25) is 0 Å². The fourth-order valence-corrected chi connectivity index (χ4v) is 7.95. The molecule has 3 aliphatic heterocycles. The summed E-state index contributed by atoms with van der Waals surface area (Å²) in [6, 6.07) is 9.87. The van der Waals surface area contributed by atoms with Crippen molar-refractivity contribution in [1.29, 1.82) is 0 Å². The monoisotopic (exact) mass is 522 g/mol. The minimum Gasteiger partial charge on any atom is -0.469 e. The molecule has 8 heteroatoms. The highest BCUT2D eigenvalue weighted by Crippen LogP contribution is 2.44. The summed E-state index contributed by atoms with van der Waals surface area (Å²) in [5.41, 5.74) is 1.62. The normalized spacial score (nSPS) is 31.2. The van der Waals surface area contributed by atoms with Gasteiger partial charge in [-0.05, 0) is 57.1 Å². The number of hydrogen-bond acceptors (Lipinski definition) is 7. The Balaban J connectivity index is 1.32. The van der Waals surface area contributed by atoms with Gasteiger partial charge in [-0.15, -0.1) is 0 Å². The highest BCUT2D eigenvalue weighted by Gasteiger charge is 2.45. The molecule has 0 spiro atoms. The van der Waals surface area contributed by atoms with Crippen molar-refractivity contribution in [1.82, 2.24) is 14.5 Å². The lowest BCUT2D eigenvalue weighted by atomic mass is 9.89. The lowest BCUT2D eigenvalue weighted by Gasteiger charge is -2.45. The maximum atomic E-state index is 14.2. The molecule has 3 saturated heterocycles. The number of aliphatic hydroxyl groups excluding tert-OH is 1. The molecule has 8 nitrogen and oxygen atoms in total. The van der Waals surface area contributed by atoms with Crippen molar-refractivity contribution in [3.8, 4) is 0 Å². The zero-order chi connectivity index (χ0) is 26.2. The van der Waals surface area contributed by atoms with Crippen LogP contribution < -0.4 is 10.5 Å². The largest absolute Gasteiger partial charge is 0.469 e. The molecule has 2 aromatic rings. The molecule has 0 amide bonds. The SMILES string of the molecule is COC(=O)C1CN(c2nc3ccccc3n(C3C[C@H]4CC[C@@H](C3)N4C3CCCCCCC3)c2=O)CCC1O. The van der Waals surface area contributed by atoms with Crippen molar-refractivity contribution < 1.29 is 14.6 Å². The van der Waals surface area contributed by atoms with Gasteiger partial charge in [-0.3, -0.25) is 14.5 Å². The van der Waals surface area contributed by atoms with Gasteiger partial charge in [0.05, 0.1) is 24.2 Å². The maximum absolute atomic E-state index is 14.2. The Labute approximate surface area is 225 Å². The first-order valence-electron chi connectivity index (χ1n) is 14.8. The molecule has 1 saturated carbocycles. The van der Waals surface area contributed by atoms with E-state index in [4.69, 9.17) is 9.72 Å². The number of para-hydroxylation sites is 2. The Morgan fingerprint density at radius 2 is 1.61 bits per heavy atom. The van der Waals surface area contributed by atoms with Crippen LogP contribution in [0.25, 0.3) is 11.0 Å². The highest BCUT2D eigenvalue weighted by molar-refractivity contribution is 5.77. The predicted molar refractivity (Wildman–Crippen MR) is 147 cm³/mol. The van der Waals surface area contributed by atoms with Gasteiger partial charge in [-0.2, -0.15) is 0 Å². The number of benzene rings is 1. The third-order valence-corrected chi connectivity index (χ3v) is 9.78. The van der Waals surface area contributed by atoms with E-state index in [9.17, 15) is 14.7 Å². The Hall–Kier alpha value is -2.45. The second-order valence-corrected chi connectivity index (χ2v) is 12.0. The number of aromatic nitrogens is 2. The summed E-state index contributed by atoms with van der Waals surface area (Å²) >= 11 is 0. The first-order chi connectivity index (χ1) is 18.5. The number of piperidine rings is 2. The van der Waals surface area contributed by atoms with Gasteiger partial charge in [0.15, 0.2) is 5.82 Å². The van der Waals surface area contributed by atoms with Gasteiger partial charge in [-0.1, -0.05) is 44.2 Å². The Morgan fingerprint density at radius 3 is 2.32 bits per heavy atom. The van der Waals surface area contributed by atoms with E-state index in [0.717, 1.165) is 23.9 Å². The van der Waals surface area contributed by atoms with Crippen LogP contribution in [0.2, 0.25) is 0 Å². The number of methoxy groups -OCH3 is 1. The summed E-state index contributed by atoms with van der Waals surface area (Å²) in [6.45, 7) is 0.723. The number of ether oxygens (including phenoxy) is 1. The molecule has 4 aliphatic rings. The molecule has 1 aromatic carbocycles. The van der Waals surface area contributed by atoms with Crippen LogP contribution in [0.1, 0.15) is 83.1 Å². The summed E-state index contributed by atoms with van der Waals surface area (Å²) in [5, 5.41) is 10.4. The van der Waals surface area contributed by atoms with E-state index < -0.39 is 18.0 Å². The molecule has 6 rings (SSSR count). The first kappa shape index (κ1) is 25.8. The van der Waals surface area contributed by atoms with Crippen molar-refractivity contribution in [3.05, 3.63) is 34.6 Å². The maximum Gasteiger partial charge on any atom is 0.313 e. The fraction of sp³-hybridized carbons (Fsp3) is 0.700. The topological polar surface area (TPSA) is 87.9 Å². The zero-order valence-electron chi connectivity index (χ0n) is 22.6. The van der Waals surface area contributed by atoms with E-state index in [-0.39, 0.29) is 18.1 Å². The number of anilines is 1. The summed E-state index contributed by atoms with van der Waals surface area (Å²) in [4.78, 5) is 36.1.